The highest BCUT2D eigenvalue weighted by molar-refractivity contribution is 9.10. The van der Waals surface area contributed by atoms with Gasteiger partial charge < -0.3 is 14.2 Å². The van der Waals surface area contributed by atoms with Crippen LogP contribution in [0.2, 0.25) is 0 Å². The largest absolute Gasteiger partial charge is 0.493 e. The Kier molecular flexibility index (Phi) is 4.15. The molecule has 0 aromatic heterocycles. The molecule has 4 rings (SSSR count). The number of ether oxygens (including phenoxy) is 3. The molecule has 0 radical (unpaired) electrons. The minimum Gasteiger partial charge on any atom is -0.493 e. The van der Waals surface area contributed by atoms with Gasteiger partial charge in [-0.1, -0.05) is 12.1 Å². The van der Waals surface area contributed by atoms with Crippen molar-refractivity contribution in [2.24, 2.45) is 0 Å². The van der Waals surface area contributed by atoms with Crippen molar-refractivity contribution in [3.8, 4) is 17.2 Å². The number of fused-ring (bicyclic) bond motifs is 1. The SMILES string of the molecule is COc1cc(C2C3=C(NC(=O)C3)Oc3cc(C)ccc32)cc(Br)c1OC. The van der Waals surface area contributed by atoms with Gasteiger partial charge in [0.1, 0.15) is 5.75 Å². The van der Waals surface area contributed by atoms with Crippen molar-refractivity contribution < 1.29 is 19.0 Å². The zero-order chi connectivity index (χ0) is 18.4. The van der Waals surface area contributed by atoms with E-state index in [1.807, 2.05) is 25.1 Å². The summed E-state index contributed by atoms with van der Waals surface area (Å²) in [5.74, 6) is 2.44. The van der Waals surface area contributed by atoms with Gasteiger partial charge in [0.25, 0.3) is 0 Å². The minimum atomic E-state index is -0.0931. The Balaban J connectivity index is 1.92. The first-order valence-corrected chi connectivity index (χ1v) is 9.03. The second-order valence-electron chi connectivity index (χ2n) is 6.39. The molecule has 0 spiro atoms. The van der Waals surface area contributed by atoms with Crippen molar-refractivity contribution >= 4 is 21.8 Å². The Morgan fingerprint density at radius 2 is 2.00 bits per heavy atom. The molecule has 2 aliphatic heterocycles. The summed E-state index contributed by atoms with van der Waals surface area (Å²) < 4.78 is 17.7. The average Bonchev–Trinajstić information content (AvgIpc) is 2.98. The molecule has 2 aromatic rings. The monoisotopic (exact) mass is 415 g/mol. The molecule has 0 fully saturated rings. The predicted molar refractivity (Wildman–Crippen MR) is 101 cm³/mol. The fraction of sp³-hybridized carbons (Fsp3) is 0.250. The Morgan fingerprint density at radius 1 is 1.19 bits per heavy atom. The van der Waals surface area contributed by atoms with Crippen LogP contribution in [0.3, 0.4) is 0 Å². The third kappa shape index (κ3) is 2.65. The number of halogens is 1. The highest BCUT2D eigenvalue weighted by Gasteiger charge is 2.37. The summed E-state index contributed by atoms with van der Waals surface area (Å²) in [5, 5.41) is 2.83. The van der Waals surface area contributed by atoms with Gasteiger partial charge in [-0.15, -0.1) is 0 Å². The number of carbonyl (C=O) groups is 1. The number of hydrogen-bond donors (Lipinski definition) is 1. The summed E-state index contributed by atoms with van der Waals surface area (Å²) in [6, 6.07) is 10.1. The van der Waals surface area contributed by atoms with Gasteiger partial charge in [-0.3, -0.25) is 10.1 Å². The number of nitrogens with one attached hydrogen (secondary N) is 1. The number of carbonyl (C=O) groups excluding carboxylic acids is 1. The smallest absolute Gasteiger partial charge is 0.231 e. The van der Waals surface area contributed by atoms with Crippen molar-refractivity contribution in [1.29, 1.82) is 0 Å². The van der Waals surface area contributed by atoms with Crippen molar-refractivity contribution in [1.82, 2.24) is 5.32 Å². The minimum absolute atomic E-state index is 0.0518. The first-order valence-electron chi connectivity index (χ1n) is 8.24. The first kappa shape index (κ1) is 17.0. The molecular weight excluding hydrogens is 398 g/mol. The lowest BCUT2D eigenvalue weighted by Gasteiger charge is -2.28. The zero-order valence-electron chi connectivity index (χ0n) is 14.7. The quantitative estimate of drug-likeness (QED) is 0.821. The van der Waals surface area contributed by atoms with Crippen molar-refractivity contribution in [3.05, 3.63) is 63.0 Å². The Bertz CT molecular complexity index is 951. The molecule has 5 nitrogen and oxygen atoms in total. The van der Waals surface area contributed by atoms with Crippen LogP contribution < -0.4 is 19.5 Å². The molecule has 1 unspecified atom stereocenters. The molecule has 134 valence electrons. The van der Waals surface area contributed by atoms with E-state index >= 15 is 0 Å². The van der Waals surface area contributed by atoms with Gasteiger partial charge in [0.05, 0.1) is 25.1 Å². The van der Waals surface area contributed by atoms with E-state index in [0.29, 0.717) is 23.8 Å². The van der Waals surface area contributed by atoms with E-state index in [2.05, 4.69) is 33.4 Å². The number of amides is 1. The molecule has 2 heterocycles. The fourth-order valence-electron chi connectivity index (χ4n) is 3.58. The van der Waals surface area contributed by atoms with E-state index < -0.39 is 0 Å². The summed E-state index contributed by atoms with van der Waals surface area (Å²) >= 11 is 3.57. The number of aryl methyl sites for hydroxylation is 1. The molecule has 0 saturated carbocycles. The molecule has 2 aromatic carbocycles. The van der Waals surface area contributed by atoms with Crippen LogP contribution in [0.25, 0.3) is 0 Å². The lowest BCUT2D eigenvalue weighted by atomic mass is 9.82. The van der Waals surface area contributed by atoms with Crippen molar-refractivity contribution in [2.45, 2.75) is 19.3 Å². The van der Waals surface area contributed by atoms with E-state index in [0.717, 1.165) is 32.5 Å². The topological polar surface area (TPSA) is 56.8 Å². The lowest BCUT2D eigenvalue weighted by Crippen LogP contribution is -2.21. The Morgan fingerprint density at radius 3 is 2.73 bits per heavy atom. The van der Waals surface area contributed by atoms with E-state index in [1.54, 1.807) is 14.2 Å². The molecule has 1 amide bonds. The number of benzene rings is 2. The fourth-order valence-corrected chi connectivity index (χ4v) is 4.20. The summed E-state index contributed by atoms with van der Waals surface area (Å²) in [7, 11) is 3.22. The maximum absolute atomic E-state index is 12.0. The van der Waals surface area contributed by atoms with Gasteiger partial charge in [0, 0.05) is 17.1 Å². The normalized spacial score (nSPS) is 18.0. The van der Waals surface area contributed by atoms with Crippen LogP contribution in [-0.4, -0.2) is 20.1 Å². The molecule has 6 heteroatoms. The van der Waals surface area contributed by atoms with Crippen LogP contribution in [0.15, 0.2) is 46.3 Å². The molecule has 0 aliphatic carbocycles. The third-order valence-electron chi connectivity index (χ3n) is 4.73. The van der Waals surface area contributed by atoms with Gasteiger partial charge in [-0.25, -0.2) is 0 Å². The molecule has 0 bridgehead atoms. The van der Waals surface area contributed by atoms with Crippen molar-refractivity contribution in [2.75, 3.05) is 14.2 Å². The molecule has 0 saturated heterocycles. The van der Waals surface area contributed by atoms with Crippen LogP contribution in [-0.2, 0) is 4.79 Å². The summed E-state index contributed by atoms with van der Waals surface area (Å²) in [6.07, 6.45) is 0.319. The molecular formula is C20H18BrNO4. The standard InChI is InChI=1S/C20H18BrNO4/c1-10-4-5-12-15(6-10)26-20-13(9-17(23)22-20)18(12)11-7-14(21)19(25-3)16(8-11)24-2/h4-8,18H,9H2,1-3H3,(H,22,23). The van der Waals surface area contributed by atoms with Gasteiger partial charge in [0.2, 0.25) is 11.8 Å². The van der Waals surface area contributed by atoms with Gasteiger partial charge in [-0.2, -0.15) is 0 Å². The highest BCUT2D eigenvalue weighted by Crippen LogP contribution is 2.48. The van der Waals surface area contributed by atoms with Gasteiger partial charge in [-0.05, 0) is 52.2 Å². The average molecular weight is 416 g/mol. The summed E-state index contributed by atoms with van der Waals surface area (Å²) in [4.78, 5) is 12.0. The van der Waals surface area contributed by atoms with Gasteiger partial charge in [0.15, 0.2) is 11.5 Å². The highest BCUT2D eigenvalue weighted by atomic mass is 79.9. The number of methoxy groups -OCH3 is 2. The van der Waals surface area contributed by atoms with Crippen molar-refractivity contribution in [3.63, 3.8) is 0 Å². The molecule has 2 aliphatic rings. The first-order chi connectivity index (χ1) is 12.5. The predicted octanol–water partition coefficient (Wildman–Crippen LogP) is 4.03. The Hall–Kier alpha value is -2.47. The second-order valence-corrected chi connectivity index (χ2v) is 7.25. The summed E-state index contributed by atoms with van der Waals surface area (Å²) in [5.41, 5.74) is 4.08. The second kappa shape index (κ2) is 6.36. The maximum Gasteiger partial charge on any atom is 0.231 e. The van der Waals surface area contributed by atoms with E-state index in [9.17, 15) is 4.79 Å². The lowest BCUT2D eigenvalue weighted by molar-refractivity contribution is -0.119. The van der Waals surface area contributed by atoms with Gasteiger partial charge >= 0.3 is 0 Å². The third-order valence-corrected chi connectivity index (χ3v) is 5.31. The van der Waals surface area contributed by atoms with Crippen LogP contribution in [0.4, 0.5) is 0 Å². The van der Waals surface area contributed by atoms with Crippen LogP contribution in [0.1, 0.15) is 29.0 Å². The molecule has 26 heavy (non-hydrogen) atoms. The molecule has 1 N–H and O–H groups in total. The van der Waals surface area contributed by atoms with Crippen LogP contribution in [0.5, 0.6) is 17.2 Å². The maximum atomic E-state index is 12.0. The Labute approximate surface area is 160 Å². The molecule has 1 atom stereocenters. The van der Waals surface area contributed by atoms with E-state index in [4.69, 9.17) is 14.2 Å². The number of hydrogen-bond acceptors (Lipinski definition) is 4. The summed E-state index contributed by atoms with van der Waals surface area (Å²) in [6.45, 7) is 2.02. The van der Waals surface area contributed by atoms with Crippen LogP contribution >= 0.6 is 15.9 Å². The van der Waals surface area contributed by atoms with E-state index in [-0.39, 0.29) is 11.8 Å². The van der Waals surface area contributed by atoms with Crippen LogP contribution in [0, 0.1) is 6.92 Å². The van der Waals surface area contributed by atoms with E-state index in [1.165, 1.54) is 0 Å². The number of rotatable bonds is 3. The zero-order valence-corrected chi connectivity index (χ0v) is 16.3.